The number of carbonyl (C=O) groups is 1. The number of rotatable bonds is 7. The van der Waals surface area contributed by atoms with Gasteiger partial charge in [0.1, 0.15) is 17.7 Å². The maximum Gasteiger partial charge on any atom is 0.246 e. The summed E-state index contributed by atoms with van der Waals surface area (Å²) in [6.45, 7) is 9.53. The van der Waals surface area contributed by atoms with Crippen molar-refractivity contribution in [3.8, 4) is 5.75 Å². The number of nitrogens with two attached hydrogens (primary N) is 1. The number of piperazine rings is 1. The van der Waals surface area contributed by atoms with Crippen molar-refractivity contribution in [2.75, 3.05) is 26.2 Å². The van der Waals surface area contributed by atoms with Crippen LogP contribution in [0.25, 0.3) is 0 Å². The highest BCUT2D eigenvalue weighted by Crippen LogP contribution is 2.26. The molecule has 7 nitrogen and oxygen atoms in total. The second-order valence-electron chi connectivity index (χ2n) is 7.98. The van der Waals surface area contributed by atoms with Crippen LogP contribution in [0.2, 0.25) is 0 Å². The summed E-state index contributed by atoms with van der Waals surface area (Å²) in [7, 11) is -3.81. The van der Waals surface area contributed by atoms with Crippen LogP contribution in [0.15, 0.2) is 60.0 Å². The molecule has 1 saturated heterocycles. The van der Waals surface area contributed by atoms with Gasteiger partial charge in [-0.3, -0.25) is 9.69 Å². The van der Waals surface area contributed by atoms with Gasteiger partial charge in [0, 0.05) is 32.2 Å². The van der Waals surface area contributed by atoms with E-state index in [0.29, 0.717) is 43.1 Å². The average molecular weight is 462 g/mol. The van der Waals surface area contributed by atoms with Gasteiger partial charge in [-0.05, 0) is 61.4 Å². The van der Waals surface area contributed by atoms with Crippen molar-refractivity contribution >= 4 is 15.9 Å². The molecule has 0 aromatic heterocycles. The lowest BCUT2D eigenvalue weighted by Crippen LogP contribution is -2.54. The first-order valence-corrected chi connectivity index (χ1v) is 11.8. The molecule has 1 unspecified atom stereocenters. The summed E-state index contributed by atoms with van der Waals surface area (Å²) in [6, 6.07) is 10.8. The Labute approximate surface area is 188 Å². The molecule has 0 radical (unpaired) electrons. The van der Waals surface area contributed by atoms with E-state index in [0.717, 1.165) is 0 Å². The molecule has 2 aromatic rings. The predicted molar refractivity (Wildman–Crippen MR) is 120 cm³/mol. The molecule has 0 spiro atoms. The molecule has 1 aliphatic rings. The minimum absolute atomic E-state index is 0.00121. The molecule has 9 heteroatoms. The molecule has 1 fully saturated rings. The second-order valence-corrected chi connectivity index (χ2v) is 9.54. The summed E-state index contributed by atoms with van der Waals surface area (Å²) in [5.74, 6) is 0.0212. The van der Waals surface area contributed by atoms with E-state index in [2.05, 4.69) is 11.5 Å². The number of halogens is 1. The maximum atomic E-state index is 14.3. The van der Waals surface area contributed by atoms with Gasteiger partial charge in [-0.25, -0.2) is 17.9 Å². The van der Waals surface area contributed by atoms with Crippen molar-refractivity contribution in [3.05, 3.63) is 72.1 Å². The van der Waals surface area contributed by atoms with Crippen LogP contribution in [-0.4, -0.2) is 56.3 Å². The summed E-state index contributed by atoms with van der Waals surface area (Å²) in [5.41, 5.74) is 1.20. The molecule has 3 rings (SSSR count). The summed E-state index contributed by atoms with van der Waals surface area (Å²) in [4.78, 5) is 15.9. The Balaban J connectivity index is 1.81. The topological polar surface area (TPSA) is 92.9 Å². The predicted octanol–water partition coefficient (Wildman–Crippen LogP) is 2.62. The lowest BCUT2D eigenvalue weighted by molar-refractivity contribution is -0.130. The Hall–Kier alpha value is -2.75. The summed E-state index contributed by atoms with van der Waals surface area (Å²) in [5, 5.41) is 5.16. The first kappa shape index (κ1) is 23.9. The number of hydrogen-bond donors (Lipinski definition) is 1. The molecular weight excluding hydrogens is 433 g/mol. The van der Waals surface area contributed by atoms with Crippen LogP contribution in [0.5, 0.6) is 5.75 Å². The normalized spacial score (nSPS) is 18.2. The number of sulfonamides is 1. The number of hydrogen-bond acceptors (Lipinski definition) is 5. The van der Waals surface area contributed by atoms with E-state index in [1.165, 1.54) is 36.4 Å². The SMILES string of the molecule is C=CC(=O)N1CCN(CC(Oc2ccc(S(N)(=O)=O)cc2)c2ccc(C)c(F)c2)C[C@H]1C. The zero-order chi connectivity index (χ0) is 23.5. The average Bonchev–Trinajstić information content (AvgIpc) is 2.74. The quantitative estimate of drug-likeness (QED) is 0.640. The monoisotopic (exact) mass is 461 g/mol. The van der Waals surface area contributed by atoms with Crippen molar-refractivity contribution in [1.82, 2.24) is 9.80 Å². The summed E-state index contributed by atoms with van der Waals surface area (Å²) in [6.07, 6.45) is 0.817. The lowest BCUT2D eigenvalue weighted by atomic mass is 10.0. The molecule has 0 saturated carbocycles. The first-order valence-electron chi connectivity index (χ1n) is 10.3. The molecule has 0 aliphatic carbocycles. The minimum atomic E-state index is -3.81. The number of nitrogens with zero attached hydrogens (tertiary/aromatic N) is 2. The largest absolute Gasteiger partial charge is 0.484 e. The molecule has 2 N–H and O–H groups in total. The van der Waals surface area contributed by atoms with Crippen LogP contribution in [-0.2, 0) is 14.8 Å². The van der Waals surface area contributed by atoms with Crippen LogP contribution in [0.4, 0.5) is 4.39 Å². The highest BCUT2D eigenvalue weighted by Gasteiger charge is 2.28. The van der Waals surface area contributed by atoms with Crippen molar-refractivity contribution in [2.45, 2.75) is 30.9 Å². The Bertz CT molecular complexity index is 1090. The van der Waals surface area contributed by atoms with Gasteiger partial charge in [0.05, 0.1) is 4.90 Å². The van der Waals surface area contributed by atoms with E-state index in [1.54, 1.807) is 17.9 Å². The van der Waals surface area contributed by atoms with E-state index in [1.807, 2.05) is 13.0 Å². The van der Waals surface area contributed by atoms with Gasteiger partial charge in [0.15, 0.2) is 0 Å². The highest BCUT2D eigenvalue weighted by atomic mass is 32.2. The van der Waals surface area contributed by atoms with Crippen molar-refractivity contribution in [3.63, 3.8) is 0 Å². The van der Waals surface area contributed by atoms with E-state index < -0.39 is 16.1 Å². The van der Waals surface area contributed by atoms with Gasteiger partial charge in [0.25, 0.3) is 0 Å². The fraction of sp³-hybridized carbons (Fsp3) is 0.348. The molecule has 0 bridgehead atoms. The van der Waals surface area contributed by atoms with E-state index in [4.69, 9.17) is 9.88 Å². The van der Waals surface area contributed by atoms with Gasteiger partial charge < -0.3 is 9.64 Å². The maximum absolute atomic E-state index is 14.3. The van der Waals surface area contributed by atoms with Gasteiger partial charge in [-0.2, -0.15) is 0 Å². The van der Waals surface area contributed by atoms with Gasteiger partial charge in [-0.15, -0.1) is 0 Å². The van der Waals surface area contributed by atoms with Crippen LogP contribution in [0, 0.1) is 12.7 Å². The number of benzene rings is 2. The highest BCUT2D eigenvalue weighted by molar-refractivity contribution is 7.89. The van der Waals surface area contributed by atoms with Crippen LogP contribution in [0.3, 0.4) is 0 Å². The van der Waals surface area contributed by atoms with Crippen molar-refractivity contribution in [2.24, 2.45) is 5.14 Å². The van der Waals surface area contributed by atoms with Crippen molar-refractivity contribution < 1.29 is 22.3 Å². The molecule has 1 aliphatic heterocycles. The van der Waals surface area contributed by atoms with Crippen LogP contribution < -0.4 is 9.88 Å². The van der Waals surface area contributed by atoms with Crippen LogP contribution >= 0.6 is 0 Å². The third-order valence-corrected chi connectivity index (χ3v) is 6.52. The molecule has 32 heavy (non-hydrogen) atoms. The smallest absolute Gasteiger partial charge is 0.246 e. The number of ether oxygens (including phenoxy) is 1. The standard InChI is InChI=1S/C23H28FN3O4S/c1-4-23(28)27-12-11-26(14-17(27)3)15-22(18-6-5-16(2)21(24)13-18)31-19-7-9-20(10-8-19)32(25,29)30/h4-10,13,17,22H,1,11-12,14-15H2,2-3H3,(H2,25,29,30)/t17-,22?/m1/s1. The zero-order valence-electron chi connectivity index (χ0n) is 18.2. The third kappa shape index (κ3) is 5.73. The fourth-order valence-electron chi connectivity index (χ4n) is 3.77. The lowest BCUT2D eigenvalue weighted by Gasteiger charge is -2.40. The third-order valence-electron chi connectivity index (χ3n) is 5.59. The Morgan fingerprint density at radius 1 is 1.28 bits per heavy atom. The first-order chi connectivity index (χ1) is 15.1. The van der Waals surface area contributed by atoms with Crippen molar-refractivity contribution in [1.29, 1.82) is 0 Å². The number of carbonyl (C=O) groups excluding carboxylic acids is 1. The number of amides is 1. The Kier molecular flexibility index (Phi) is 7.33. The summed E-state index contributed by atoms with van der Waals surface area (Å²) >= 11 is 0. The summed E-state index contributed by atoms with van der Waals surface area (Å²) < 4.78 is 43.4. The molecule has 1 heterocycles. The van der Waals surface area contributed by atoms with Crippen LogP contribution in [0.1, 0.15) is 24.2 Å². The van der Waals surface area contributed by atoms with E-state index in [-0.39, 0.29) is 22.7 Å². The molecular formula is C23H28FN3O4S. The molecule has 1 amide bonds. The second kappa shape index (κ2) is 9.81. The number of primary sulfonamides is 1. The minimum Gasteiger partial charge on any atom is -0.484 e. The van der Waals surface area contributed by atoms with Gasteiger partial charge >= 0.3 is 0 Å². The van der Waals surface area contributed by atoms with Gasteiger partial charge in [0.2, 0.25) is 15.9 Å². The van der Waals surface area contributed by atoms with Gasteiger partial charge in [-0.1, -0.05) is 18.7 Å². The molecule has 2 atom stereocenters. The van der Waals surface area contributed by atoms with E-state index in [9.17, 15) is 17.6 Å². The molecule has 2 aromatic carbocycles. The molecule has 172 valence electrons. The van der Waals surface area contributed by atoms with E-state index >= 15 is 0 Å². The Morgan fingerprint density at radius 3 is 2.53 bits per heavy atom. The zero-order valence-corrected chi connectivity index (χ0v) is 19.0. The Morgan fingerprint density at radius 2 is 1.97 bits per heavy atom. The number of aryl methyl sites for hydroxylation is 1. The fourth-order valence-corrected chi connectivity index (χ4v) is 4.29.